The lowest BCUT2D eigenvalue weighted by atomic mass is 9.92. The summed E-state index contributed by atoms with van der Waals surface area (Å²) in [5, 5.41) is 9.94. The molecule has 3 heteroatoms. The SMILES string of the molecule is CC(N)C(c1ccccc1)N1C2CCC1CC(O)C2. The molecule has 2 heterocycles. The molecule has 4 atom stereocenters. The minimum Gasteiger partial charge on any atom is -0.393 e. The highest BCUT2D eigenvalue weighted by Crippen LogP contribution is 2.42. The Morgan fingerprint density at radius 3 is 2.26 bits per heavy atom. The number of rotatable bonds is 3. The normalized spacial score (nSPS) is 34.2. The quantitative estimate of drug-likeness (QED) is 0.874. The third kappa shape index (κ3) is 2.42. The lowest BCUT2D eigenvalue weighted by Crippen LogP contribution is -2.50. The van der Waals surface area contributed by atoms with Crippen LogP contribution in [0.25, 0.3) is 0 Å². The van der Waals surface area contributed by atoms with Crippen molar-refractivity contribution in [2.45, 2.75) is 62.9 Å². The summed E-state index contributed by atoms with van der Waals surface area (Å²) < 4.78 is 0. The van der Waals surface area contributed by atoms with Gasteiger partial charge in [0, 0.05) is 18.1 Å². The van der Waals surface area contributed by atoms with Gasteiger partial charge in [0.1, 0.15) is 0 Å². The van der Waals surface area contributed by atoms with Crippen LogP contribution >= 0.6 is 0 Å². The van der Waals surface area contributed by atoms with Crippen LogP contribution in [0.5, 0.6) is 0 Å². The van der Waals surface area contributed by atoms with Crippen molar-refractivity contribution in [2.75, 3.05) is 0 Å². The highest BCUT2D eigenvalue weighted by molar-refractivity contribution is 5.22. The third-order valence-corrected chi connectivity index (χ3v) is 4.73. The third-order valence-electron chi connectivity index (χ3n) is 4.73. The zero-order valence-electron chi connectivity index (χ0n) is 11.6. The van der Waals surface area contributed by atoms with E-state index in [1.165, 1.54) is 18.4 Å². The summed E-state index contributed by atoms with van der Waals surface area (Å²) >= 11 is 0. The van der Waals surface area contributed by atoms with Crippen molar-refractivity contribution in [3.05, 3.63) is 35.9 Å². The Morgan fingerprint density at radius 1 is 1.16 bits per heavy atom. The van der Waals surface area contributed by atoms with E-state index in [0.29, 0.717) is 12.1 Å². The molecule has 0 spiro atoms. The average molecular weight is 260 g/mol. The summed E-state index contributed by atoms with van der Waals surface area (Å²) in [5.41, 5.74) is 7.59. The molecule has 3 rings (SSSR count). The molecule has 3 nitrogen and oxygen atoms in total. The summed E-state index contributed by atoms with van der Waals surface area (Å²) in [5.74, 6) is 0. The fourth-order valence-corrected chi connectivity index (χ4v) is 4.04. The van der Waals surface area contributed by atoms with Gasteiger partial charge < -0.3 is 10.8 Å². The van der Waals surface area contributed by atoms with Crippen LogP contribution in [0.15, 0.2) is 30.3 Å². The van der Waals surface area contributed by atoms with E-state index in [4.69, 9.17) is 5.73 Å². The summed E-state index contributed by atoms with van der Waals surface area (Å²) in [6.45, 7) is 2.10. The maximum atomic E-state index is 9.94. The van der Waals surface area contributed by atoms with Gasteiger partial charge >= 0.3 is 0 Å². The van der Waals surface area contributed by atoms with Crippen LogP contribution in [-0.4, -0.2) is 34.2 Å². The van der Waals surface area contributed by atoms with Crippen molar-refractivity contribution >= 4 is 0 Å². The molecule has 2 saturated heterocycles. The van der Waals surface area contributed by atoms with Crippen LogP contribution in [0.3, 0.4) is 0 Å². The number of nitrogens with zero attached hydrogens (tertiary/aromatic N) is 1. The van der Waals surface area contributed by atoms with Gasteiger partial charge in [0.15, 0.2) is 0 Å². The standard InChI is InChI=1S/C16H24N2O/c1-11(17)16(12-5-3-2-4-6-12)18-13-7-8-14(18)10-15(19)9-13/h2-6,11,13-16,19H,7-10,17H2,1H3. The highest BCUT2D eigenvalue weighted by Gasteiger charge is 2.44. The van der Waals surface area contributed by atoms with Crippen molar-refractivity contribution < 1.29 is 5.11 Å². The molecule has 0 radical (unpaired) electrons. The zero-order chi connectivity index (χ0) is 13.4. The van der Waals surface area contributed by atoms with E-state index in [1.807, 2.05) is 0 Å². The first kappa shape index (κ1) is 13.1. The Morgan fingerprint density at radius 2 is 1.74 bits per heavy atom. The molecular formula is C16H24N2O. The van der Waals surface area contributed by atoms with Gasteiger partial charge in [-0.05, 0) is 38.2 Å². The number of benzene rings is 1. The first-order chi connectivity index (χ1) is 9.16. The van der Waals surface area contributed by atoms with E-state index in [-0.39, 0.29) is 18.2 Å². The molecule has 2 fully saturated rings. The highest BCUT2D eigenvalue weighted by atomic mass is 16.3. The monoisotopic (exact) mass is 260 g/mol. The molecule has 1 aromatic rings. The molecule has 0 aromatic heterocycles. The van der Waals surface area contributed by atoms with E-state index < -0.39 is 0 Å². The number of hydrogen-bond acceptors (Lipinski definition) is 3. The molecule has 0 amide bonds. The number of aliphatic hydroxyl groups is 1. The van der Waals surface area contributed by atoms with Gasteiger partial charge in [-0.2, -0.15) is 0 Å². The van der Waals surface area contributed by atoms with Crippen molar-refractivity contribution in [1.82, 2.24) is 4.90 Å². The molecule has 104 valence electrons. The van der Waals surface area contributed by atoms with Crippen LogP contribution in [0.1, 0.15) is 44.2 Å². The predicted octanol–water partition coefficient (Wildman–Crippen LogP) is 2.06. The van der Waals surface area contributed by atoms with Crippen molar-refractivity contribution in [3.63, 3.8) is 0 Å². The Hall–Kier alpha value is -0.900. The Balaban J connectivity index is 1.90. The predicted molar refractivity (Wildman–Crippen MR) is 76.7 cm³/mol. The Kier molecular flexibility index (Phi) is 3.61. The second-order valence-electron chi connectivity index (χ2n) is 6.17. The first-order valence-corrected chi connectivity index (χ1v) is 7.43. The summed E-state index contributed by atoms with van der Waals surface area (Å²) in [7, 11) is 0. The van der Waals surface area contributed by atoms with Gasteiger partial charge in [0.05, 0.1) is 12.1 Å². The van der Waals surface area contributed by atoms with Crippen LogP contribution in [0, 0.1) is 0 Å². The van der Waals surface area contributed by atoms with Crippen molar-refractivity contribution in [1.29, 1.82) is 0 Å². The maximum Gasteiger partial charge on any atom is 0.0570 e. The summed E-state index contributed by atoms with van der Waals surface area (Å²) in [4.78, 5) is 2.59. The number of aliphatic hydroxyl groups excluding tert-OH is 1. The van der Waals surface area contributed by atoms with E-state index in [1.54, 1.807) is 0 Å². The fraction of sp³-hybridized carbons (Fsp3) is 0.625. The molecule has 3 N–H and O–H groups in total. The average Bonchev–Trinajstić information content (AvgIpc) is 2.64. The minimum absolute atomic E-state index is 0.112. The molecule has 4 unspecified atom stereocenters. The molecule has 2 aliphatic rings. The lowest BCUT2D eigenvalue weighted by molar-refractivity contribution is 0.00412. The molecule has 1 aromatic carbocycles. The number of piperidine rings is 1. The van der Waals surface area contributed by atoms with Crippen LogP contribution in [-0.2, 0) is 0 Å². The van der Waals surface area contributed by atoms with E-state index >= 15 is 0 Å². The molecule has 2 bridgehead atoms. The summed E-state index contributed by atoms with van der Waals surface area (Å²) in [6.07, 6.45) is 4.12. The molecule has 19 heavy (non-hydrogen) atoms. The van der Waals surface area contributed by atoms with Crippen LogP contribution in [0.2, 0.25) is 0 Å². The van der Waals surface area contributed by atoms with E-state index in [0.717, 1.165) is 12.8 Å². The first-order valence-electron chi connectivity index (χ1n) is 7.43. The second kappa shape index (κ2) is 5.23. The Labute approximate surface area is 115 Å². The van der Waals surface area contributed by atoms with E-state index in [2.05, 4.69) is 42.2 Å². The van der Waals surface area contributed by atoms with Gasteiger partial charge in [-0.15, -0.1) is 0 Å². The van der Waals surface area contributed by atoms with Gasteiger partial charge in [-0.3, -0.25) is 4.90 Å². The van der Waals surface area contributed by atoms with Crippen molar-refractivity contribution in [3.8, 4) is 0 Å². The zero-order valence-corrected chi connectivity index (χ0v) is 11.6. The molecule has 2 aliphatic heterocycles. The number of hydrogen-bond donors (Lipinski definition) is 2. The Bertz CT molecular complexity index is 406. The van der Waals surface area contributed by atoms with Gasteiger partial charge in [0.2, 0.25) is 0 Å². The van der Waals surface area contributed by atoms with Gasteiger partial charge in [-0.25, -0.2) is 0 Å². The summed E-state index contributed by atoms with van der Waals surface area (Å²) in [6, 6.07) is 12.0. The van der Waals surface area contributed by atoms with E-state index in [9.17, 15) is 5.11 Å². The van der Waals surface area contributed by atoms with Crippen molar-refractivity contribution in [2.24, 2.45) is 5.73 Å². The van der Waals surface area contributed by atoms with Gasteiger partial charge in [0.25, 0.3) is 0 Å². The molecular weight excluding hydrogens is 236 g/mol. The van der Waals surface area contributed by atoms with Crippen LogP contribution < -0.4 is 5.73 Å². The largest absolute Gasteiger partial charge is 0.393 e. The molecule has 0 aliphatic carbocycles. The second-order valence-corrected chi connectivity index (χ2v) is 6.17. The lowest BCUT2D eigenvalue weighted by Gasteiger charge is -2.44. The number of nitrogens with two attached hydrogens (primary N) is 1. The fourth-order valence-electron chi connectivity index (χ4n) is 4.04. The topological polar surface area (TPSA) is 49.5 Å². The smallest absolute Gasteiger partial charge is 0.0570 e. The molecule has 0 saturated carbocycles. The maximum absolute atomic E-state index is 9.94. The minimum atomic E-state index is -0.113. The van der Waals surface area contributed by atoms with Gasteiger partial charge in [-0.1, -0.05) is 30.3 Å². The number of fused-ring (bicyclic) bond motifs is 2. The van der Waals surface area contributed by atoms with Crippen LogP contribution in [0.4, 0.5) is 0 Å².